The van der Waals surface area contributed by atoms with Crippen molar-refractivity contribution in [1.29, 1.82) is 0 Å². The Bertz CT molecular complexity index is 834. The quantitative estimate of drug-likeness (QED) is 0.704. The predicted molar refractivity (Wildman–Crippen MR) is 94.4 cm³/mol. The molecule has 0 radical (unpaired) electrons. The minimum Gasteiger partial charge on any atom is -0.347 e. The van der Waals surface area contributed by atoms with Crippen LogP contribution in [0.1, 0.15) is 35.3 Å². The maximum Gasteiger partial charge on any atom is 0.251 e. The van der Waals surface area contributed by atoms with Crippen molar-refractivity contribution >= 4 is 34.4 Å². The van der Waals surface area contributed by atoms with Crippen LogP contribution < -0.4 is 5.32 Å². The second-order valence-electron chi connectivity index (χ2n) is 5.12. The van der Waals surface area contributed by atoms with Crippen molar-refractivity contribution < 1.29 is 9.59 Å². The number of thiophene rings is 2. The molecular formula is C18H15NO2S2. The van der Waals surface area contributed by atoms with Gasteiger partial charge in [0.05, 0.1) is 16.3 Å². The van der Waals surface area contributed by atoms with Gasteiger partial charge in [-0.3, -0.25) is 9.59 Å². The fourth-order valence-corrected chi connectivity index (χ4v) is 3.82. The van der Waals surface area contributed by atoms with Crippen molar-refractivity contribution in [2.24, 2.45) is 0 Å². The van der Waals surface area contributed by atoms with Gasteiger partial charge < -0.3 is 5.32 Å². The zero-order valence-corrected chi connectivity index (χ0v) is 14.2. The van der Waals surface area contributed by atoms with E-state index in [1.165, 1.54) is 22.7 Å². The van der Waals surface area contributed by atoms with Crippen molar-refractivity contribution in [3.8, 4) is 0 Å². The summed E-state index contributed by atoms with van der Waals surface area (Å²) in [6.07, 6.45) is 0. The number of nitrogens with one attached hydrogen (secondary N) is 1. The summed E-state index contributed by atoms with van der Waals surface area (Å²) in [4.78, 5) is 26.8. The number of rotatable bonds is 5. The van der Waals surface area contributed by atoms with Gasteiger partial charge in [-0.15, -0.1) is 22.7 Å². The molecule has 0 aliphatic heterocycles. The highest BCUT2D eigenvalue weighted by Gasteiger charge is 2.13. The van der Waals surface area contributed by atoms with Crippen molar-refractivity contribution in [2.45, 2.75) is 13.5 Å². The van der Waals surface area contributed by atoms with E-state index in [0.29, 0.717) is 17.0 Å². The van der Waals surface area contributed by atoms with E-state index in [1.807, 2.05) is 54.8 Å². The van der Waals surface area contributed by atoms with Crippen LogP contribution in [-0.4, -0.2) is 11.7 Å². The molecule has 1 N–H and O–H groups in total. The lowest BCUT2D eigenvalue weighted by Gasteiger charge is -2.04. The molecule has 3 aromatic rings. The molecule has 0 atom stereocenters. The second kappa shape index (κ2) is 6.89. The highest BCUT2D eigenvalue weighted by atomic mass is 32.1. The van der Waals surface area contributed by atoms with Gasteiger partial charge in [-0.25, -0.2) is 0 Å². The van der Waals surface area contributed by atoms with Crippen molar-refractivity contribution in [1.82, 2.24) is 5.32 Å². The zero-order chi connectivity index (χ0) is 16.2. The lowest BCUT2D eigenvalue weighted by atomic mass is 10.1. The van der Waals surface area contributed by atoms with E-state index in [0.717, 1.165) is 15.3 Å². The lowest BCUT2D eigenvalue weighted by molar-refractivity contribution is 0.0950. The first-order valence-electron chi connectivity index (χ1n) is 7.15. The van der Waals surface area contributed by atoms with Gasteiger partial charge in [-0.05, 0) is 42.6 Å². The van der Waals surface area contributed by atoms with Gasteiger partial charge in [0.25, 0.3) is 5.91 Å². The van der Waals surface area contributed by atoms with Crippen LogP contribution in [0.5, 0.6) is 0 Å². The molecule has 0 bridgehead atoms. The molecule has 2 heterocycles. The van der Waals surface area contributed by atoms with Crippen molar-refractivity contribution in [3.05, 3.63) is 79.7 Å². The highest BCUT2D eigenvalue weighted by Crippen LogP contribution is 2.22. The maximum atomic E-state index is 12.3. The summed E-state index contributed by atoms with van der Waals surface area (Å²) in [6, 6.07) is 14.9. The molecular weight excluding hydrogens is 326 g/mol. The average molecular weight is 341 g/mol. The Morgan fingerprint density at radius 2 is 1.91 bits per heavy atom. The highest BCUT2D eigenvalue weighted by molar-refractivity contribution is 7.16. The summed E-state index contributed by atoms with van der Waals surface area (Å²) in [6.45, 7) is 2.38. The zero-order valence-electron chi connectivity index (χ0n) is 12.5. The number of aryl methyl sites for hydroxylation is 1. The molecule has 3 rings (SSSR count). The standard InChI is InChI=1S/C18H15NO2S2/c1-12-4-2-5-13(10-12)18(21)19-11-14-7-8-16(23-14)17(20)15-6-3-9-22-15/h2-10H,11H2,1H3,(H,19,21). The Morgan fingerprint density at radius 3 is 2.65 bits per heavy atom. The Hall–Kier alpha value is -2.24. The third-order valence-electron chi connectivity index (χ3n) is 3.33. The van der Waals surface area contributed by atoms with Crippen LogP contribution in [0.2, 0.25) is 0 Å². The van der Waals surface area contributed by atoms with E-state index >= 15 is 0 Å². The molecule has 0 unspecified atom stereocenters. The fraction of sp³-hybridized carbons (Fsp3) is 0.111. The minimum absolute atomic E-state index is 0.0428. The van der Waals surface area contributed by atoms with Gasteiger partial charge in [0.2, 0.25) is 5.78 Å². The van der Waals surface area contributed by atoms with Crippen molar-refractivity contribution in [2.75, 3.05) is 0 Å². The number of benzene rings is 1. The van der Waals surface area contributed by atoms with Crippen LogP contribution in [0.25, 0.3) is 0 Å². The molecule has 0 saturated carbocycles. The van der Waals surface area contributed by atoms with Crippen LogP contribution in [-0.2, 0) is 6.54 Å². The molecule has 116 valence electrons. The summed E-state index contributed by atoms with van der Waals surface area (Å²) in [7, 11) is 0. The summed E-state index contributed by atoms with van der Waals surface area (Å²) in [5.41, 5.74) is 1.70. The third-order valence-corrected chi connectivity index (χ3v) is 5.29. The number of carbonyl (C=O) groups is 2. The Morgan fingerprint density at radius 1 is 1.04 bits per heavy atom. The number of hydrogen-bond acceptors (Lipinski definition) is 4. The van der Waals surface area contributed by atoms with E-state index < -0.39 is 0 Å². The Balaban J connectivity index is 1.63. The molecule has 1 aromatic carbocycles. The number of hydrogen-bond donors (Lipinski definition) is 1. The van der Waals surface area contributed by atoms with Crippen LogP contribution >= 0.6 is 22.7 Å². The van der Waals surface area contributed by atoms with Crippen LogP contribution in [0.3, 0.4) is 0 Å². The van der Waals surface area contributed by atoms with Gasteiger partial charge in [-0.2, -0.15) is 0 Å². The first kappa shape index (κ1) is 15.6. The van der Waals surface area contributed by atoms with Crippen LogP contribution in [0, 0.1) is 6.92 Å². The summed E-state index contributed by atoms with van der Waals surface area (Å²) >= 11 is 2.86. The monoisotopic (exact) mass is 341 g/mol. The number of amides is 1. The topological polar surface area (TPSA) is 46.2 Å². The van der Waals surface area contributed by atoms with E-state index in [1.54, 1.807) is 6.07 Å². The second-order valence-corrected chi connectivity index (χ2v) is 7.24. The fourth-order valence-electron chi connectivity index (χ4n) is 2.18. The van der Waals surface area contributed by atoms with E-state index in [-0.39, 0.29) is 11.7 Å². The van der Waals surface area contributed by atoms with E-state index in [2.05, 4.69) is 5.32 Å². The molecule has 0 fully saturated rings. The molecule has 0 aliphatic carbocycles. The molecule has 2 aromatic heterocycles. The summed E-state index contributed by atoms with van der Waals surface area (Å²) < 4.78 is 0. The van der Waals surface area contributed by atoms with Gasteiger partial charge in [-0.1, -0.05) is 23.8 Å². The normalized spacial score (nSPS) is 10.5. The Kier molecular flexibility index (Phi) is 4.69. The number of carbonyl (C=O) groups excluding carboxylic acids is 2. The summed E-state index contributed by atoms with van der Waals surface area (Å²) in [5, 5.41) is 4.78. The first-order valence-corrected chi connectivity index (χ1v) is 8.85. The smallest absolute Gasteiger partial charge is 0.251 e. The molecule has 0 spiro atoms. The molecule has 3 nitrogen and oxygen atoms in total. The SMILES string of the molecule is Cc1cccc(C(=O)NCc2ccc(C(=O)c3cccs3)s2)c1. The summed E-state index contributed by atoms with van der Waals surface area (Å²) in [5.74, 6) is -0.0607. The van der Waals surface area contributed by atoms with Crippen LogP contribution in [0.15, 0.2) is 53.9 Å². The van der Waals surface area contributed by atoms with E-state index in [4.69, 9.17) is 0 Å². The third kappa shape index (κ3) is 3.75. The van der Waals surface area contributed by atoms with Gasteiger partial charge in [0.15, 0.2) is 0 Å². The molecule has 0 saturated heterocycles. The number of ketones is 1. The van der Waals surface area contributed by atoms with Gasteiger partial charge in [0, 0.05) is 10.4 Å². The largest absolute Gasteiger partial charge is 0.347 e. The Labute approximate surface area is 142 Å². The predicted octanol–water partition coefficient (Wildman–Crippen LogP) is 4.28. The molecule has 0 aliphatic rings. The average Bonchev–Trinajstić information content (AvgIpc) is 3.23. The lowest BCUT2D eigenvalue weighted by Crippen LogP contribution is -2.22. The van der Waals surface area contributed by atoms with E-state index in [9.17, 15) is 9.59 Å². The molecule has 23 heavy (non-hydrogen) atoms. The maximum absolute atomic E-state index is 12.3. The van der Waals surface area contributed by atoms with Gasteiger partial charge >= 0.3 is 0 Å². The van der Waals surface area contributed by atoms with Crippen molar-refractivity contribution in [3.63, 3.8) is 0 Å². The van der Waals surface area contributed by atoms with Crippen LogP contribution in [0.4, 0.5) is 0 Å². The molecule has 1 amide bonds. The minimum atomic E-state index is -0.103. The first-order chi connectivity index (χ1) is 11.1. The van der Waals surface area contributed by atoms with Gasteiger partial charge in [0.1, 0.15) is 0 Å². The molecule has 5 heteroatoms.